The molecule has 0 spiro atoms. The van der Waals surface area contributed by atoms with Crippen molar-refractivity contribution >= 4 is 6.09 Å². The van der Waals surface area contributed by atoms with E-state index in [1.807, 2.05) is 43.3 Å². The van der Waals surface area contributed by atoms with Gasteiger partial charge in [-0.3, -0.25) is 0 Å². The minimum Gasteiger partial charge on any atom is -0.449 e. The number of carbonyl (C=O) groups is 1. The standard InChI is InChI=1S/C27H22N2O2/c1-19-13-14-20(16-21(19)17-28)8-6-7-15-29-27(30)31-18-26-24-11-4-2-9-22(24)23-10-3-5-12-25(23)26/h2-5,9-14,16,26H,7,15,18H2,1H3,(H,29,30). The second-order valence-electron chi connectivity index (χ2n) is 7.45. The SMILES string of the molecule is Cc1ccc(C#CCCNC(=O)OCC2c3ccccc3-c3ccccc32)cc1C#N. The van der Waals surface area contributed by atoms with Gasteiger partial charge in [0, 0.05) is 24.4 Å². The van der Waals surface area contributed by atoms with Crippen LogP contribution in [0.3, 0.4) is 0 Å². The van der Waals surface area contributed by atoms with Gasteiger partial charge in [0.25, 0.3) is 0 Å². The molecular weight excluding hydrogens is 384 g/mol. The van der Waals surface area contributed by atoms with Gasteiger partial charge in [0.1, 0.15) is 6.61 Å². The van der Waals surface area contributed by atoms with Crippen molar-refractivity contribution in [2.24, 2.45) is 0 Å². The topological polar surface area (TPSA) is 62.1 Å². The van der Waals surface area contributed by atoms with Gasteiger partial charge >= 0.3 is 6.09 Å². The minimum absolute atomic E-state index is 0.0498. The molecule has 31 heavy (non-hydrogen) atoms. The van der Waals surface area contributed by atoms with Crippen LogP contribution in [-0.2, 0) is 4.74 Å². The fourth-order valence-corrected chi connectivity index (χ4v) is 3.86. The number of ether oxygens (including phenoxy) is 1. The van der Waals surface area contributed by atoms with E-state index in [4.69, 9.17) is 10.00 Å². The lowest BCUT2D eigenvalue weighted by molar-refractivity contribution is 0.143. The van der Waals surface area contributed by atoms with Gasteiger partial charge in [0.15, 0.2) is 0 Å². The Kier molecular flexibility index (Phi) is 6.01. The van der Waals surface area contributed by atoms with Gasteiger partial charge in [0.2, 0.25) is 0 Å². The molecule has 1 amide bonds. The van der Waals surface area contributed by atoms with Crippen LogP contribution in [0.25, 0.3) is 11.1 Å². The molecule has 1 N–H and O–H groups in total. The summed E-state index contributed by atoms with van der Waals surface area (Å²) >= 11 is 0. The molecule has 0 bridgehead atoms. The molecule has 1 aliphatic carbocycles. The third-order valence-corrected chi connectivity index (χ3v) is 5.45. The van der Waals surface area contributed by atoms with Crippen molar-refractivity contribution in [2.45, 2.75) is 19.3 Å². The summed E-state index contributed by atoms with van der Waals surface area (Å²) in [4.78, 5) is 12.2. The number of alkyl carbamates (subject to hydrolysis) is 1. The molecule has 3 aromatic rings. The van der Waals surface area contributed by atoms with Crippen LogP contribution in [0.4, 0.5) is 4.79 Å². The Bertz CT molecular complexity index is 1180. The van der Waals surface area contributed by atoms with Crippen molar-refractivity contribution in [1.29, 1.82) is 5.26 Å². The highest BCUT2D eigenvalue weighted by atomic mass is 16.5. The lowest BCUT2D eigenvalue weighted by Gasteiger charge is -2.14. The van der Waals surface area contributed by atoms with E-state index in [0.29, 0.717) is 25.1 Å². The summed E-state index contributed by atoms with van der Waals surface area (Å²) in [6.07, 6.45) is 0.0609. The number of nitriles is 1. The van der Waals surface area contributed by atoms with Crippen molar-refractivity contribution in [3.63, 3.8) is 0 Å². The first kappa shape index (κ1) is 20.3. The van der Waals surface area contributed by atoms with Crippen molar-refractivity contribution in [2.75, 3.05) is 13.2 Å². The summed E-state index contributed by atoms with van der Waals surface area (Å²) in [6, 6.07) is 24.2. The van der Waals surface area contributed by atoms with Crippen molar-refractivity contribution in [3.05, 3.63) is 94.5 Å². The number of carbonyl (C=O) groups excluding carboxylic acids is 1. The zero-order chi connectivity index (χ0) is 21.6. The molecule has 4 heteroatoms. The molecule has 1 aliphatic rings. The lowest BCUT2D eigenvalue weighted by Crippen LogP contribution is -2.26. The van der Waals surface area contributed by atoms with E-state index in [0.717, 1.165) is 11.1 Å². The van der Waals surface area contributed by atoms with E-state index < -0.39 is 6.09 Å². The third kappa shape index (κ3) is 4.44. The second kappa shape index (κ2) is 9.20. The number of fused-ring (bicyclic) bond motifs is 3. The highest BCUT2D eigenvalue weighted by Gasteiger charge is 2.28. The zero-order valence-electron chi connectivity index (χ0n) is 17.3. The Morgan fingerprint density at radius 2 is 1.71 bits per heavy atom. The molecule has 0 aromatic heterocycles. The highest BCUT2D eigenvalue weighted by molar-refractivity contribution is 5.79. The molecule has 152 valence electrons. The number of amides is 1. The minimum atomic E-state index is -0.439. The maximum Gasteiger partial charge on any atom is 0.407 e. The van der Waals surface area contributed by atoms with Crippen LogP contribution in [-0.4, -0.2) is 19.2 Å². The molecule has 0 atom stereocenters. The number of benzene rings is 3. The third-order valence-electron chi connectivity index (χ3n) is 5.45. The molecule has 4 rings (SSSR count). The van der Waals surface area contributed by atoms with E-state index in [2.05, 4.69) is 47.5 Å². The Morgan fingerprint density at radius 3 is 2.39 bits per heavy atom. The van der Waals surface area contributed by atoms with Crippen LogP contribution in [0.5, 0.6) is 0 Å². The summed E-state index contributed by atoms with van der Waals surface area (Å²) in [6.45, 7) is 2.60. The zero-order valence-corrected chi connectivity index (χ0v) is 17.3. The van der Waals surface area contributed by atoms with Crippen LogP contribution < -0.4 is 5.32 Å². The van der Waals surface area contributed by atoms with E-state index in [1.165, 1.54) is 22.3 Å². The van der Waals surface area contributed by atoms with Gasteiger partial charge in [0.05, 0.1) is 11.6 Å². The molecule has 0 radical (unpaired) electrons. The monoisotopic (exact) mass is 406 g/mol. The van der Waals surface area contributed by atoms with Gasteiger partial charge in [-0.1, -0.05) is 66.4 Å². The lowest BCUT2D eigenvalue weighted by atomic mass is 9.98. The summed E-state index contributed by atoms with van der Waals surface area (Å²) in [7, 11) is 0. The predicted octanol–water partition coefficient (Wildman–Crippen LogP) is 5.15. The number of nitrogens with zero attached hydrogens (tertiary/aromatic N) is 1. The Balaban J connectivity index is 1.29. The quantitative estimate of drug-likeness (QED) is 0.482. The fourth-order valence-electron chi connectivity index (χ4n) is 3.86. The molecule has 0 unspecified atom stereocenters. The number of rotatable bonds is 4. The first-order valence-electron chi connectivity index (χ1n) is 10.3. The normalized spacial score (nSPS) is 11.5. The van der Waals surface area contributed by atoms with E-state index in [9.17, 15) is 4.79 Å². The maximum atomic E-state index is 12.2. The largest absolute Gasteiger partial charge is 0.449 e. The summed E-state index contributed by atoms with van der Waals surface area (Å²) in [5, 5.41) is 11.8. The molecule has 0 heterocycles. The van der Waals surface area contributed by atoms with Crippen LogP contribution in [0, 0.1) is 30.1 Å². The van der Waals surface area contributed by atoms with Gasteiger partial charge < -0.3 is 10.1 Å². The van der Waals surface area contributed by atoms with Crippen LogP contribution >= 0.6 is 0 Å². The maximum absolute atomic E-state index is 12.2. The summed E-state index contributed by atoms with van der Waals surface area (Å²) in [5.41, 5.74) is 7.15. The number of hydrogen-bond acceptors (Lipinski definition) is 3. The van der Waals surface area contributed by atoms with Crippen LogP contribution in [0.15, 0.2) is 66.7 Å². The fraction of sp³-hybridized carbons (Fsp3) is 0.185. The molecule has 4 nitrogen and oxygen atoms in total. The van der Waals surface area contributed by atoms with Gasteiger partial charge in [-0.25, -0.2) is 4.79 Å². The Labute approximate surface area is 182 Å². The molecule has 0 saturated heterocycles. The summed E-state index contributed by atoms with van der Waals surface area (Å²) in [5.74, 6) is 6.10. The average molecular weight is 406 g/mol. The van der Waals surface area contributed by atoms with Gasteiger partial charge in [-0.15, -0.1) is 0 Å². The van der Waals surface area contributed by atoms with E-state index in [-0.39, 0.29) is 5.92 Å². The predicted molar refractivity (Wildman–Crippen MR) is 120 cm³/mol. The summed E-state index contributed by atoms with van der Waals surface area (Å²) < 4.78 is 5.51. The molecule has 0 aliphatic heterocycles. The van der Waals surface area contributed by atoms with Crippen molar-refractivity contribution < 1.29 is 9.53 Å². The number of nitrogens with one attached hydrogen (secondary N) is 1. The van der Waals surface area contributed by atoms with Crippen LogP contribution in [0.1, 0.15) is 40.2 Å². The van der Waals surface area contributed by atoms with Gasteiger partial charge in [-0.2, -0.15) is 5.26 Å². The molecular formula is C27H22N2O2. The first-order chi connectivity index (χ1) is 15.2. The smallest absolute Gasteiger partial charge is 0.407 e. The Hall–Kier alpha value is -4.02. The van der Waals surface area contributed by atoms with Gasteiger partial charge in [-0.05, 0) is 46.9 Å². The van der Waals surface area contributed by atoms with Crippen molar-refractivity contribution in [3.8, 4) is 29.0 Å². The van der Waals surface area contributed by atoms with Crippen LogP contribution in [0.2, 0.25) is 0 Å². The molecule has 0 saturated carbocycles. The number of hydrogen-bond donors (Lipinski definition) is 1. The first-order valence-corrected chi connectivity index (χ1v) is 10.3. The van der Waals surface area contributed by atoms with E-state index >= 15 is 0 Å². The number of aryl methyl sites for hydroxylation is 1. The molecule has 0 fully saturated rings. The molecule has 3 aromatic carbocycles. The highest BCUT2D eigenvalue weighted by Crippen LogP contribution is 2.44. The Morgan fingerprint density at radius 1 is 1.03 bits per heavy atom. The van der Waals surface area contributed by atoms with E-state index in [1.54, 1.807) is 6.07 Å². The average Bonchev–Trinajstić information content (AvgIpc) is 3.12. The second-order valence-corrected chi connectivity index (χ2v) is 7.45. The van der Waals surface area contributed by atoms with Crippen molar-refractivity contribution in [1.82, 2.24) is 5.32 Å².